The quantitative estimate of drug-likeness (QED) is 0.735. The fourth-order valence-corrected chi connectivity index (χ4v) is 3.99. The molecule has 0 amide bonds. The molecule has 1 aliphatic heterocycles. The normalized spacial score (nSPS) is 18.9. The number of hydrogen-bond acceptors (Lipinski definition) is 6. The lowest BCUT2D eigenvalue weighted by Crippen LogP contribution is -2.51. The molecule has 2 atom stereocenters. The summed E-state index contributed by atoms with van der Waals surface area (Å²) in [4.78, 5) is 32.1. The minimum absolute atomic E-state index is 0.0351. The number of fused-ring (bicyclic) bond motifs is 1. The van der Waals surface area contributed by atoms with Crippen LogP contribution >= 0.6 is 0 Å². The molecule has 1 aromatic heterocycles. The minimum Gasteiger partial charge on any atom is -0.469 e. The summed E-state index contributed by atoms with van der Waals surface area (Å²) in [6.07, 6.45) is 1.71. The number of esters is 1. The maximum absolute atomic E-state index is 13.2. The van der Waals surface area contributed by atoms with Crippen LogP contribution in [-0.2, 0) is 16.1 Å². The summed E-state index contributed by atoms with van der Waals surface area (Å²) in [5.74, 6) is 0.538. The van der Waals surface area contributed by atoms with E-state index in [1.807, 2.05) is 24.3 Å². The van der Waals surface area contributed by atoms with E-state index in [1.165, 1.54) is 7.11 Å². The largest absolute Gasteiger partial charge is 0.469 e. The first-order valence-corrected chi connectivity index (χ1v) is 10.1. The predicted octanol–water partition coefficient (Wildman–Crippen LogP) is 2.09. The lowest BCUT2D eigenvalue weighted by Gasteiger charge is -2.37. The number of ether oxygens (including phenoxy) is 1. The van der Waals surface area contributed by atoms with Crippen molar-refractivity contribution in [3.05, 3.63) is 40.4 Å². The SMILES string of the molecule is CC[C@@H](c1nc2ccccc2c(=O)n1CCCC(=O)OC)N1CCN[C@H](C)C1. The van der Waals surface area contributed by atoms with E-state index in [2.05, 4.69) is 24.1 Å². The van der Waals surface area contributed by atoms with Crippen LogP contribution in [0.3, 0.4) is 0 Å². The zero-order valence-electron chi connectivity index (χ0n) is 17.0. The Morgan fingerprint density at radius 2 is 2.18 bits per heavy atom. The average molecular weight is 386 g/mol. The van der Waals surface area contributed by atoms with Crippen LogP contribution in [0.5, 0.6) is 0 Å². The van der Waals surface area contributed by atoms with Crippen molar-refractivity contribution in [2.75, 3.05) is 26.7 Å². The minimum atomic E-state index is -0.258. The van der Waals surface area contributed by atoms with Crippen LogP contribution < -0.4 is 10.9 Å². The molecule has 7 heteroatoms. The van der Waals surface area contributed by atoms with Crippen LogP contribution in [0, 0.1) is 0 Å². The Kier molecular flexibility index (Phi) is 6.80. The first kappa shape index (κ1) is 20.5. The molecule has 0 spiro atoms. The molecule has 1 N–H and O–H groups in total. The monoisotopic (exact) mass is 386 g/mol. The molecule has 152 valence electrons. The molecule has 1 aliphatic rings. The standard InChI is InChI=1S/C21H30N4O3/c1-4-18(24-13-11-22-15(2)14-24)20-23-17-9-6-5-8-16(17)21(27)25(20)12-7-10-19(26)28-3/h5-6,8-9,15,18,22H,4,7,10-14H2,1-3H3/t15-,18+/m1/s1. The molecule has 1 saturated heterocycles. The Labute approximate surface area is 165 Å². The van der Waals surface area contributed by atoms with Gasteiger partial charge in [-0.3, -0.25) is 19.1 Å². The third kappa shape index (κ3) is 4.42. The fourth-order valence-electron chi connectivity index (χ4n) is 3.99. The summed E-state index contributed by atoms with van der Waals surface area (Å²) < 4.78 is 6.51. The lowest BCUT2D eigenvalue weighted by molar-refractivity contribution is -0.140. The maximum atomic E-state index is 13.2. The molecule has 7 nitrogen and oxygen atoms in total. The number of piperazine rings is 1. The van der Waals surface area contributed by atoms with Gasteiger partial charge >= 0.3 is 5.97 Å². The molecule has 2 aromatic rings. The van der Waals surface area contributed by atoms with E-state index in [9.17, 15) is 9.59 Å². The number of carbonyl (C=O) groups is 1. The molecule has 28 heavy (non-hydrogen) atoms. The number of rotatable bonds is 7. The second-order valence-electron chi connectivity index (χ2n) is 7.40. The van der Waals surface area contributed by atoms with Crippen LogP contribution in [0.1, 0.15) is 45.0 Å². The fraction of sp³-hybridized carbons (Fsp3) is 0.571. The topological polar surface area (TPSA) is 76.5 Å². The smallest absolute Gasteiger partial charge is 0.305 e. The molecule has 3 rings (SSSR count). The van der Waals surface area contributed by atoms with Crippen molar-refractivity contribution in [1.29, 1.82) is 0 Å². The van der Waals surface area contributed by atoms with Gasteiger partial charge in [0, 0.05) is 38.6 Å². The van der Waals surface area contributed by atoms with Gasteiger partial charge in [-0.25, -0.2) is 4.98 Å². The number of carbonyl (C=O) groups excluding carboxylic acids is 1. The molecule has 0 saturated carbocycles. The van der Waals surface area contributed by atoms with E-state index in [0.717, 1.165) is 37.4 Å². The van der Waals surface area contributed by atoms with Gasteiger partial charge in [-0.05, 0) is 31.9 Å². The van der Waals surface area contributed by atoms with Crippen molar-refractivity contribution in [2.45, 2.75) is 51.7 Å². The van der Waals surface area contributed by atoms with E-state index < -0.39 is 0 Å². The van der Waals surface area contributed by atoms with Gasteiger partial charge in [-0.15, -0.1) is 0 Å². The highest BCUT2D eigenvalue weighted by Crippen LogP contribution is 2.25. The van der Waals surface area contributed by atoms with E-state index in [0.29, 0.717) is 24.4 Å². The van der Waals surface area contributed by atoms with Gasteiger partial charge in [-0.1, -0.05) is 19.1 Å². The van der Waals surface area contributed by atoms with E-state index in [1.54, 1.807) is 4.57 Å². The Bertz CT molecular complexity index is 880. The Morgan fingerprint density at radius 3 is 2.89 bits per heavy atom. The molecule has 0 bridgehead atoms. The van der Waals surface area contributed by atoms with Crippen LogP contribution in [0.2, 0.25) is 0 Å². The molecule has 1 aromatic carbocycles. The number of aromatic nitrogens is 2. The molecule has 0 aliphatic carbocycles. The molecule has 2 heterocycles. The summed E-state index contributed by atoms with van der Waals surface area (Å²) in [6.45, 7) is 7.54. The van der Waals surface area contributed by atoms with Gasteiger partial charge in [-0.2, -0.15) is 0 Å². The van der Waals surface area contributed by atoms with Gasteiger partial charge in [0.2, 0.25) is 0 Å². The number of para-hydroxylation sites is 1. The van der Waals surface area contributed by atoms with Crippen molar-refractivity contribution >= 4 is 16.9 Å². The number of nitrogens with zero attached hydrogens (tertiary/aromatic N) is 3. The van der Waals surface area contributed by atoms with Gasteiger partial charge in [0.05, 0.1) is 24.1 Å². The number of nitrogens with one attached hydrogen (secondary N) is 1. The lowest BCUT2D eigenvalue weighted by atomic mass is 10.1. The predicted molar refractivity (Wildman–Crippen MR) is 109 cm³/mol. The third-order valence-corrected chi connectivity index (χ3v) is 5.41. The van der Waals surface area contributed by atoms with Gasteiger partial charge in [0.15, 0.2) is 0 Å². The molecular formula is C21H30N4O3. The maximum Gasteiger partial charge on any atom is 0.305 e. The third-order valence-electron chi connectivity index (χ3n) is 5.41. The highest BCUT2D eigenvalue weighted by atomic mass is 16.5. The zero-order valence-corrected chi connectivity index (χ0v) is 17.0. The number of benzene rings is 1. The van der Waals surface area contributed by atoms with E-state index in [4.69, 9.17) is 9.72 Å². The van der Waals surface area contributed by atoms with Gasteiger partial charge in [0.1, 0.15) is 5.82 Å². The van der Waals surface area contributed by atoms with Crippen LogP contribution in [0.25, 0.3) is 10.9 Å². The Hall–Kier alpha value is -2.25. The second kappa shape index (κ2) is 9.30. The highest BCUT2D eigenvalue weighted by molar-refractivity contribution is 5.77. The Morgan fingerprint density at radius 1 is 1.39 bits per heavy atom. The summed E-state index contributed by atoms with van der Waals surface area (Å²) >= 11 is 0. The van der Waals surface area contributed by atoms with Crippen molar-refractivity contribution in [3.8, 4) is 0 Å². The van der Waals surface area contributed by atoms with Crippen LogP contribution in [-0.4, -0.2) is 53.2 Å². The summed E-state index contributed by atoms with van der Waals surface area (Å²) in [5, 5.41) is 4.09. The van der Waals surface area contributed by atoms with Crippen molar-refractivity contribution in [3.63, 3.8) is 0 Å². The van der Waals surface area contributed by atoms with Crippen LogP contribution in [0.4, 0.5) is 0 Å². The second-order valence-corrected chi connectivity index (χ2v) is 7.40. The summed E-state index contributed by atoms with van der Waals surface area (Å²) in [7, 11) is 1.39. The van der Waals surface area contributed by atoms with Gasteiger partial charge < -0.3 is 10.1 Å². The van der Waals surface area contributed by atoms with Gasteiger partial charge in [0.25, 0.3) is 5.56 Å². The van der Waals surface area contributed by atoms with E-state index >= 15 is 0 Å². The molecule has 0 radical (unpaired) electrons. The molecule has 1 fully saturated rings. The van der Waals surface area contributed by atoms with Crippen molar-refractivity contribution in [1.82, 2.24) is 19.8 Å². The highest BCUT2D eigenvalue weighted by Gasteiger charge is 2.27. The Balaban J connectivity index is 2.01. The first-order chi connectivity index (χ1) is 13.5. The van der Waals surface area contributed by atoms with Crippen molar-refractivity contribution in [2.24, 2.45) is 0 Å². The van der Waals surface area contributed by atoms with Crippen molar-refractivity contribution < 1.29 is 9.53 Å². The molecular weight excluding hydrogens is 356 g/mol. The summed E-state index contributed by atoms with van der Waals surface area (Å²) in [5.41, 5.74) is 0.695. The first-order valence-electron chi connectivity index (χ1n) is 10.1. The van der Waals surface area contributed by atoms with Crippen LogP contribution in [0.15, 0.2) is 29.1 Å². The number of methoxy groups -OCH3 is 1. The van der Waals surface area contributed by atoms with E-state index in [-0.39, 0.29) is 24.0 Å². The number of hydrogen-bond donors (Lipinski definition) is 1. The molecule has 0 unspecified atom stereocenters. The zero-order chi connectivity index (χ0) is 20.1. The average Bonchev–Trinajstić information content (AvgIpc) is 2.70. The summed E-state index contributed by atoms with van der Waals surface area (Å²) in [6, 6.07) is 7.96.